The summed E-state index contributed by atoms with van der Waals surface area (Å²) in [6, 6.07) is 7.95. The molecule has 0 radical (unpaired) electrons. The van der Waals surface area contributed by atoms with E-state index in [1.165, 1.54) is 13.0 Å². The summed E-state index contributed by atoms with van der Waals surface area (Å²) < 4.78 is 44.4. The third-order valence-corrected chi connectivity index (χ3v) is 4.30. The van der Waals surface area contributed by atoms with Crippen LogP contribution in [0.1, 0.15) is 34.8 Å². The normalized spacial score (nSPS) is 12.6. The van der Waals surface area contributed by atoms with Crippen LogP contribution in [0.2, 0.25) is 0 Å². The van der Waals surface area contributed by atoms with Crippen molar-refractivity contribution < 1.29 is 27.2 Å². The largest absolute Gasteiger partial charge is 0.451 e. The molecule has 0 aliphatic heterocycles. The summed E-state index contributed by atoms with van der Waals surface area (Å²) in [4.78, 5) is 23.7. The van der Waals surface area contributed by atoms with Crippen LogP contribution in [-0.4, -0.2) is 21.6 Å². The fourth-order valence-corrected chi connectivity index (χ4v) is 2.60. The van der Waals surface area contributed by atoms with E-state index in [2.05, 4.69) is 10.4 Å². The molecule has 0 aliphatic rings. The summed E-state index contributed by atoms with van der Waals surface area (Å²) in [5.41, 5.74) is 5.86. The highest BCUT2D eigenvalue weighted by molar-refractivity contribution is 5.95. The van der Waals surface area contributed by atoms with Gasteiger partial charge in [0.1, 0.15) is 11.8 Å². The van der Waals surface area contributed by atoms with Crippen molar-refractivity contribution >= 4 is 17.5 Å². The number of alkyl halides is 3. The number of amides is 2. The van der Waals surface area contributed by atoms with Crippen molar-refractivity contribution in [1.82, 2.24) is 9.78 Å². The molecule has 3 rings (SSSR count). The maximum Gasteiger partial charge on any atom is 0.435 e. The number of nitrogens with two attached hydrogens (primary N) is 1. The maximum atomic E-state index is 12.7. The first-order valence-corrected chi connectivity index (χ1v) is 8.50. The van der Waals surface area contributed by atoms with Gasteiger partial charge in [0, 0.05) is 17.4 Å². The number of halogens is 3. The second-order valence-electron chi connectivity index (χ2n) is 6.40. The number of rotatable bonds is 5. The minimum atomic E-state index is -4.58. The van der Waals surface area contributed by atoms with Crippen LogP contribution in [-0.2, 0) is 11.0 Å². The van der Waals surface area contributed by atoms with E-state index in [0.717, 1.165) is 22.5 Å². The number of benzene rings is 1. The molecule has 152 valence electrons. The molecule has 3 aromatic rings. The summed E-state index contributed by atoms with van der Waals surface area (Å²) in [6.07, 6.45) is -3.48. The Balaban J connectivity index is 1.80. The van der Waals surface area contributed by atoms with Crippen LogP contribution in [0.25, 0.3) is 11.3 Å². The number of nitrogens with zero attached hydrogens (tertiary/aromatic N) is 2. The summed E-state index contributed by atoms with van der Waals surface area (Å²) in [7, 11) is 0. The Morgan fingerprint density at radius 2 is 1.93 bits per heavy atom. The van der Waals surface area contributed by atoms with Gasteiger partial charge in [0.15, 0.2) is 11.5 Å². The zero-order valence-electron chi connectivity index (χ0n) is 15.4. The zero-order chi connectivity index (χ0) is 21.3. The molecule has 7 nitrogen and oxygen atoms in total. The van der Waals surface area contributed by atoms with Gasteiger partial charge in [-0.2, -0.15) is 18.3 Å². The van der Waals surface area contributed by atoms with Crippen LogP contribution >= 0.6 is 0 Å². The molecule has 0 spiro atoms. The van der Waals surface area contributed by atoms with Gasteiger partial charge < -0.3 is 15.5 Å². The van der Waals surface area contributed by atoms with Gasteiger partial charge in [-0.25, -0.2) is 0 Å². The predicted molar refractivity (Wildman–Crippen MR) is 98.0 cm³/mol. The van der Waals surface area contributed by atoms with Gasteiger partial charge in [0.05, 0.1) is 0 Å². The van der Waals surface area contributed by atoms with Crippen LogP contribution in [0.5, 0.6) is 0 Å². The van der Waals surface area contributed by atoms with E-state index in [-0.39, 0.29) is 5.76 Å². The summed E-state index contributed by atoms with van der Waals surface area (Å²) in [5, 5.41) is 6.10. The third-order valence-electron chi connectivity index (χ3n) is 4.30. The topological polar surface area (TPSA) is 103 Å². The average Bonchev–Trinajstić information content (AvgIpc) is 3.32. The second kappa shape index (κ2) is 7.46. The molecule has 0 saturated carbocycles. The Kier molecular flexibility index (Phi) is 5.19. The Hall–Kier alpha value is -3.56. The van der Waals surface area contributed by atoms with Gasteiger partial charge in [-0.3, -0.25) is 14.3 Å². The van der Waals surface area contributed by atoms with E-state index in [4.69, 9.17) is 10.2 Å². The fraction of sp³-hybridized carbons (Fsp3) is 0.211. The van der Waals surface area contributed by atoms with Crippen LogP contribution in [0.4, 0.5) is 18.9 Å². The monoisotopic (exact) mass is 406 g/mol. The molecular weight excluding hydrogens is 389 g/mol. The molecule has 3 N–H and O–H groups in total. The molecule has 10 heteroatoms. The molecule has 1 unspecified atom stereocenters. The van der Waals surface area contributed by atoms with E-state index in [1.807, 2.05) is 0 Å². The predicted octanol–water partition coefficient (Wildman–Crippen LogP) is 3.77. The van der Waals surface area contributed by atoms with Crippen LogP contribution in [0, 0.1) is 6.92 Å². The Morgan fingerprint density at radius 3 is 2.52 bits per heavy atom. The van der Waals surface area contributed by atoms with Crippen LogP contribution in [0.15, 0.2) is 47.0 Å². The first-order chi connectivity index (χ1) is 13.6. The molecule has 29 heavy (non-hydrogen) atoms. The van der Waals surface area contributed by atoms with Gasteiger partial charge >= 0.3 is 6.18 Å². The van der Waals surface area contributed by atoms with E-state index in [1.54, 1.807) is 31.2 Å². The summed E-state index contributed by atoms with van der Waals surface area (Å²) in [6.45, 7) is 3.20. The van der Waals surface area contributed by atoms with Crippen molar-refractivity contribution in [3.8, 4) is 11.3 Å². The van der Waals surface area contributed by atoms with Crippen molar-refractivity contribution in [2.75, 3.05) is 5.32 Å². The molecule has 0 aliphatic carbocycles. The number of nitrogens with one attached hydrogen (secondary N) is 1. The van der Waals surface area contributed by atoms with Crippen molar-refractivity contribution in [3.63, 3.8) is 0 Å². The molecule has 2 amide bonds. The lowest BCUT2D eigenvalue weighted by Gasteiger charge is -2.15. The Labute approximate surface area is 163 Å². The lowest BCUT2D eigenvalue weighted by molar-refractivity contribution is -0.141. The molecule has 0 fully saturated rings. The molecule has 0 saturated heterocycles. The number of hydrogen-bond donors (Lipinski definition) is 2. The fourth-order valence-electron chi connectivity index (χ4n) is 2.60. The zero-order valence-corrected chi connectivity index (χ0v) is 15.4. The first-order valence-electron chi connectivity index (χ1n) is 8.50. The molecule has 2 heterocycles. The highest BCUT2D eigenvalue weighted by atomic mass is 19.4. The highest BCUT2D eigenvalue weighted by Crippen LogP contribution is 2.29. The maximum absolute atomic E-state index is 12.7. The second-order valence-corrected chi connectivity index (χ2v) is 6.40. The summed E-state index contributed by atoms with van der Waals surface area (Å²) in [5.74, 6) is -0.870. The Morgan fingerprint density at radius 1 is 1.21 bits per heavy atom. The molecule has 1 atom stereocenters. The molecule has 1 aromatic carbocycles. The number of aryl methyl sites for hydroxylation is 1. The van der Waals surface area contributed by atoms with Crippen molar-refractivity contribution in [3.05, 3.63) is 59.6 Å². The van der Waals surface area contributed by atoms with Gasteiger partial charge in [-0.05, 0) is 43.7 Å². The van der Waals surface area contributed by atoms with E-state index in [0.29, 0.717) is 17.0 Å². The van der Waals surface area contributed by atoms with Crippen molar-refractivity contribution in [1.29, 1.82) is 0 Å². The van der Waals surface area contributed by atoms with E-state index in [9.17, 15) is 22.8 Å². The lowest BCUT2D eigenvalue weighted by atomic mass is 10.1. The average molecular weight is 406 g/mol. The first kappa shape index (κ1) is 20.2. The SMILES string of the molecule is Cc1ccc(-c2ccc(C(N)=O)o2)cc1NC(=O)C(C)n1ccc(C(F)(F)F)n1. The van der Waals surface area contributed by atoms with Gasteiger partial charge in [0.25, 0.3) is 5.91 Å². The third kappa shape index (κ3) is 4.31. The van der Waals surface area contributed by atoms with E-state index < -0.39 is 29.7 Å². The smallest absolute Gasteiger partial charge is 0.435 e. The molecule has 2 aromatic heterocycles. The number of carbonyl (C=O) groups excluding carboxylic acids is 2. The number of aromatic nitrogens is 2. The molecular formula is C19H17F3N4O3. The van der Waals surface area contributed by atoms with Crippen molar-refractivity contribution in [2.24, 2.45) is 5.73 Å². The van der Waals surface area contributed by atoms with Crippen molar-refractivity contribution in [2.45, 2.75) is 26.1 Å². The number of hydrogen-bond acceptors (Lipinski definition) is 4. The minimum Gasteiger partial charge on any atom is -0.451 e. The minimum absolute atomic E-state index is 0.000987. The number of carbonyl (C=O) groups is 2. The Bertz CT molecular complexity index is 1070. The van der Waals surface area contributed by atoms with Crippen LogP contribution < -0.4 is 11.1 Å². The standard InChI is InChI=1S/C19H17F3N4O3/c1-10-3-4-12(14-5-6-15(29-14)17(23)27)9-13(10)24-18(28)11(2)26-8-7-16(25-26)19(20,21)22/h3-9,11H,1-2H3,(H2,23,27)(H,24,28). The quantitative estimate of drug-likeness (QED) is 0.673. The van der Waals surface area contributed by atoms with Gasteiger partial charge in [-0.15, -0.1) is 0 Å². The number of anilines is 1. The number of furan rings is 1. The highest BCUT2D eigenvalue weighted by Gasteiger charge is 2.34. The van der Waals surface area contributed by atoms with Crippen LogP contribution in [0.3, 0.4) is 0 Å². The van der Waals surface area contributed by atoms with Gasteiger partial charge in [0.2, 0.25) is 5.91 Å². The van der Waals surface area contributed by atoms with Gasteiger partial charge in [-0.1, -0.05) is 12.1 Å². The lowest BCUT2D eigenvalue weighted by Crippen LogP contribution is -2.25. The number of primary amides is 1. The summed E-state index contributed by atoms with van der Waals surface area (Å²) >= 11 is 0. The van der Waals surface area contributed by atoms with E-state index >= 15 is 0 Å². The molecule has 0 bridgehead atoms.